The lowest BCUT2D eigenvalue weighted by Gasteiger charge is -2.32. The van der Waals surface area contributed by atoms with Crippen molar-refractivity contribution in [3.05, 3.63) is 65.7 Å². The second kappa shape index (κ2) is 20.8. The van der Waals surface area contributed by atoms with Crippen molar-refractivity contribution < 1.29 is 19.2 Å². The molecular weight excluding hydrogens is 736 g/mol. The van der Waals surface area contributed by atoms with Gasteiger partial charge in [-0.15, -0.1) is 0 Å². The minimum Gasteiger partial charge on any atom is -0.371 e. The maximum Gasteiger partial charge on any atom is 0.181 e. The van der Waals surface area contributed by atoms with E-state index in [4.69, 9.17) is 0 Å². The van der Waals surface area contributed by atoms with Crippen LogP contribution in [0.1, 0.15) is 72.1 Å². The maximum atomic E-state index is 11.4. The van der Waals surface area contributed by atoms with Crippen LogP contribution in [-0.4, -0.2) is 78.8 Å². The molecule has 284 valence electrons. The Morgan fingerprint density at radius 1 is 0.679 bits per heavy atom. The highest BCUT2D eigenvalue weighted by Crippen LogP contribution is 2.26. The van der Waals surface area contributed by atoms with Crippen LogP contribution in [0, 0.1) is 17.8 Å². The van der Waals surface area contributed by atoms with Crippen molar-refractivity contribution in [2.75, 3.05) is 31.1 Å². The zero-order valence-corrected chi connectivity index (χ0v) is 33.2. The molecule has 2 aromatic carbocycles. The van der Waals surface area contributed by atoms with E-state index in [1.165, 1.54) is 12.6 Å². The van der Waals surface area contributed by atoms with Crippen molar-refractivity contribution in [3.8, 4) is 22.8 Å². The summed E-state index contributed by atoms with van der Waals surface area (Å²) in [6.07, 6.45) is 10.8. The van der Waals surface area contributed by atoms with E-state index >= 15 is 0 Å². The molecule has 3 fully saturated rings. The van der Waals surface area contributed by atoms with Gasteiger partial charge in [-0.1, -0.05) is 34.5 Å². The molecule has 0 amide bonds. The van der Waals surface area contributed by atoms with Crippen LogP contribution in [0.15, 0.2) is 65.7 Å². The molecule has 1 N–H and O–H groups in total. The van der Waals surface area contributed by atoms with Gasteiger partial charge < -0.3 is 10.2 Å². The number of rotatable bonds is 6. The van der Waals surface area contributed by atoms with Gasteiger partial charge in [0.15, 0.2) is 11.6 Å². The summed E-state index contributed by atoms with van der Waals surface area (Å²) in [5.74, 6) is 2.73. The number of benzene rings is 2. The Balaban J connectivity index is 0.000000169. The minimum atomic E-state index is -0.256. The Bertz CT molecular complexity index is 1770. The molecule has 12 nitrogen and oxygen atoms in total. The van der Waals surface area contributed by atoms with Crippen LogP contribution in [0.2, 0.25) is 0 Å². The van der Waals surface area contributed by atoms with E-state index in [0.717, 1.165) is 98.4 Å². The van der Waals surface area contributed by atoms with Gasteiger partial charge in [0.25, 0.3) is 0 Å². The number of carbonyl (C=O) groups is 4. The van der Waals surface area contributed by atoms with E-state index < -0.39 is 0 Å². The van der Waals surface area contributed by atoms with Crippen molar-refractivity contribution >= 4 is 44.8 Å². The van der Waals surface area contributed by atoms with Crippen LogP contribution in [0.4, 0.5) is 5.69 Å². The lowest BCUT2D eigenvalue weighted by Crippen LogP contribution is -2.35. The zero-order valence-electron chi connectivity index (χ0n) is 31.6. The normalized spacial score (nSPS) is 17.7. The SMILES string of the molecule is CC(=O)C1CCCCC1=O.CC(=O)C1CCN(c2ccc(-c3ncn(C)n3)cc2)CC1.CC(=O)C1CCNCC1.Cn1cnc(-c2ccc(Br)cc2)n1. The van der Waals surface area contributed by atoms with Gasteiger partial charge in [0.1, 0.15) is 35.8 Å². The molecule has 0 spiro atoms. The maximum absolute atomic E-state index is 11.4. The monoisotopic (exact) mass is 788 g/mol. The molecule has 0 bridgehead atoms. The van der Waals surface area contributed by atoms with Crippen molar-refractivity contribution in [2.45, 2.75) is 72.1 Å². The predicted octanol–water partition coefficient (Wildman–Crippen LogP) is 6.44. The highest BCUT2D eigenvalue weighted by atomic mass is 79.9. The van der Waals surface area contributed by atoms with Gasteiger partial charge in [0.05, 0.1) is 5.92 Å². The number of aryl methyl sites for hydroxylation is 2. The summed E-state index contributed by atoms with van der Waals surface area (Å²) in [7, 11) is 3.72. The number of ketones is 4. The minimum absolute atomic E-state index is 0.0460. The smallest absolute Gasteiger partial charge is 0.181 e. The topological polar surface area (TPSA) is 145 Å². The predicted molar refractivity (Wildman–Crippen MR) is 210 cm³/mol. The molecule has 1 aliphatic carbocycles. The van der Waals surface area contributed by atoms with Gasteiger partial charge in [0, 0.05) is 66.7 Å². The van der Waals surface area contributed by atoms with Gasteiger partial charge in [-0.3, -0.25) is 28.5 Å². The molecular formula is C40H53BrN8O4. The first-order chi connectivity index (χ1) is 25.4. The fraction of sp³-hybridized carbons (Fsp3) is 0.500. The Morgan fingerprint density at radius 2 is 1.17 bits per heavy atom. The molecule has 13 heteroatoms. The molecule has 0 radical (unpaired) electrons. The number of nitrogens with one attached hydrogen (secondary N) is 1. The van der Waals surface area contributed by atoms with Crippen LogP contribution in [0.5, 0.6) is 0 Å². The number of piperidine rings is 2. The molecule has 2 saturated heterocycles. The van der Waals surface area contributed by atoms with Crippen LogP contribution < -0.4 is 10.2 Å². The van der Waals surface area contributed by atoms with Gasteiger partial charge >= 0.3 is 0 Å². The molecule has 1 atom stereocenters. The third-order valence-electron chi connectivity index (χ3n) is 9.82. The standard InChI is InChI=1S/C16H20N4O.C9H8BrN3.C8H12O2.C7H13NO/c1-12(21)13-7-9-20(10-8-13)15-5-3-14(4-6-15)16-17-11-19(2)18-16;1-13-6-11-9(12-13)7-2-4-8(10)5-3-7;1-6(9)7-4-2-3-5-8(7)10;1-6(9)7-2-4-8-5-3-7/h3-6,11,13H,7-10H2,1-2H3;2-6H,1H3;7H,2-5H2,1H3;7-8H,2-5H2,1H3. The number of hydrogen-bond acceptors (Lipinski definition) is 10. The summed E-state index contributed by atoms with van der Waals surface area (Å²) >= 11 is 3.38. The van der Waals surface area contributed by atoms with E-state index in [1.807, 2.05) is 38.4 Å². The molecule has 2 aromatic heterocycles. The largest absolute Gasteiger partial charge is 0.371 e. The average molecular weight is 790 g/mol. The molecule has 53 heavy (non-hydrogen) atoms. The molecule has 2 aliphatic heterocycles. The number of halogens is 1. The number of carbonyl (C=O) groups excluding carboxylic acids is 4. The van der Waals surface area contributed by atoms with Gasteiger partial charge in [-0.05, 0) is 109 Å². The van der Waals surface area contributed by atoms with Gasteiger partial charge in [0.2, 0.25) is 0 Å². The van der Waals surface area contributed by atoms with E-state index in [9.17, 15) is 19.2 Å². The van der Waals surface area contributed by atoms with Crippen molar-refractivity contribution in [1.29, 1.82) is 0 Å². The molecule has 3 aliphatic rings. The van der Waals surface area contributed by atoms with E-state index in [0.29, 0.717) is 23.9 Å². The number of nitrogens with zero attached hydrogens (tertiary/aromatic N) is 7. The first-order valence-electron chi connectivity index (χ1n) is 18.5. The summed E-state index contributed by atoms with van der Waals surface area (Å²) < 4.78 is 4.46. The zero-order chi connectivity index (χ0) is 38.3. The van der Waals surface area contributed by atoms with Gasteiger partial charge in [-0.25, -0.2) is 9.97 Å². The average Bonchev–Trinajstić information content (AvgIpc) is 3.81. The van der Waals surface area contributed by atoms with E-state index in [-0.39, 0.29) is 23.4 Å². The summed E-state index contributed by atoms with van der Waals surface area (Å²) in [6, 6.07) is 16.3. The quantitative estimate of drug-likeness (QED) is 0.217. The number of Topliss-reactive ketones (excluding diaryl/α,β-unsaturated/α-hetero) is 4. The fourth-order valence-electron chi connectivity index (χ4n) is 6.55. The van der Waals surface area contributed by atoms with Crippen LogP contribution in [0.3, 0.4) is 0 Å². The highest BCUT2D eigenvalue weighted by molar-refractivity contribution is 9.10. The fourth-order valence-corrected chi connectivity index (χ4v) is 6.81. The van der Waals surface area contributed by atoms with E-state index in [2.05, 4.69) is 70.6 Å². The second-order valence-electron chi connectivity index (χ2n) is 13.9. The molecule has 4 heterocycles. The molecule has 4 aromatic rings. The Labute approximate surface area is 321 Å². The van der Waals surface area contributed by atoms with Crippen LogP contribution in [-0.2, 0) is 33.3 Å². The Hall–Kier alpha value is -4.36. The number of hydrogen-bond donors (Lipinski definition) is 1. The van der Waals surface area contributed by atoms with Crippen molar-refractivity contribution in [2.24, 2.45) is 31.8 Å². The summed E-state index contributed by atoms with van der Waals surface area (Å²) in [5.41, 5.74) is 3.26. The van der Waals surface area contributed by atoms with Crippen molar-refractivity contribution in [3.63, 3.8) is 0 Å². The third-order valence-corrected chi connectivity index (χ3v) is 10.4. The Kier molecular flexibility index (Phi) is 16.2. The molecule has 7 rings (SSSR count). The molecule has 1 saturated carbocycles. The van der Waals surface area contributed by atoms with Crippen LogP contribution in [0.25, 0.3) is 22.8 Å². The van der Waals surface area contributed by atoms with Gasteiger partial charge in [-0.2, -0.15) is 10.2 Å². The number of aromatic nitrogens is 6. The molecule has 1 unspecified atom stereocenters. The summed E-state index contributed by atoms with van der Waals surface area (Å²) in [5, 5.41) is 11.7. The Morgan fingerprint density at radius 3 is 1.57 bits per heavy atom. The lowest BCUT2D eigenvalue weighted by molar-refractivity contribution is -0.133. The first-order valence-corrected chi connectivity index (χ1v) is 19.3. The second-order valence-corrected chi connectivity index (χ2v) is 14.8. The van der Waals surface area contributed by atoms with Crippen molar-refractivity contribution in [1.82, 2.24) is 34.8 Å². The summed E-state index contributed by atoms with van der Waals surface area (Å²) in [6.45, 7) is 8.84. The summed E-state index contributed by atoms with van der Waals surface area (Å²) in [4.78, 5) is 54.7. The lowest BCUT2D eigenvalue weighted by atomic mass is 9.86. The number of anilines is 1. The van der Waals surface area contributed by atoms with Crippen LogP contribution >= 0.6 is 15.9 Å². The van der Waals surface area contributed by atoms with E-state index in [1.54, 1.807) is 35.9 Å². The first kappa shape index (κ1) is 41.4. The highest BCUT2D eigenvalue weighted by Gasteiger charge is 2.25. The third kappa shape index (κ3) is 13.2.